The lowest BCUT2D eigenvalue weighted by atomic mass is 9.84. The van der Waals surface area contributed by atoms with Gasteiger partial charge in [-0.25, -0.2) is 0 Å². The standard InChI is InChI=1S/C9H13Cl/c1-7-4-5-9(2,3)8(10)6-7/h4,6H,5H2,1-3H3. The van der Waals surface area contributed by atoms with Gasteiger partial charge in [-0.3, -0.25) is 0 Å². The summed E-state index contributed by atoms with van der Waals surface area (Å²) < 4.78 is 0. The molecule has 0 aromatic heterocycles. The van der Waals surface area contributed by atoms with Crippen LogP contribution in [0.25, 0.3) is 0 Å². The first-order valence-corrected chi connectivity index (χ1v) is 3.94. The van der Waals surface area contributed by atoms with Crippen LogP contribution < -0.4 is 0 Å². The van der Waals surface area contributed by atoms with Crippen molar-refractivity contribution in [3.8, 4) is 0 Å². The van der Waals surface area contributed by atoms with E-state index in [9.17, 15) is 0 Å². The van der Waals surface area contributed by atoms with Crippen LogP contribution in [0.1, 0.15) is 27.2 Å². The molecule has 0 aliphatic heterocycles. The average molecular weight is 157 g/mol. The van der Waals surface area contributed by atoms with Gasteiger partial charge in [0.05, 0.1) is 0 Å². The van der Waals surface area contributed by atoms with Gasteiger partial charge in [0, 0.05) is 10.4 Å². The van der Waals surface area contributed by atoms with Gasteiger partial charge in [0.2, 0.25) is 0 Å². The van der Waals surface area contributed by atoms with Crippen LogP contribution in [0.15, 0.2) is 22.8 Å². The molecule has 0 bridgehead atoms. The van der Waals surface area contributed by atoms with Crippen LogP contribution in [0, 0.1) is 5.41 Å². The van der Waals surface area contributed by atoms with E-state index < -0.39 is 0 Å². The van der Waals surface area contributed by atoms with Gasteiger partial charge in [0.25, 0.3) is 0 Å². The Hall–Kier alpha value is -0.230. The molecule has 1 aliphatic carbocycles. The molecule has 0 saturated carbocycles. The Bertz CT molecular complexity index is 197. The highest BCUT2D eigenvalue weighted by molar-refractivity contribution is 6.30. The largest absolute Gasteiger partial charge is 0.0885 e. The summed E-state index contributed by atoms with van der Waals surface area (Å²) in [6, 6.07) is 0. The molecular formula is C9H13Cl. The molecule has 0 aromatic carbocycles. The van der Waals surface area contributed by atoms with Gasteiger partial charge < -0.3 is 0 Å². The van der Waals surface area contributed by atoms with E-state index in [1.165, 1.54) is 5.57 Å². The number of hydrogen-bond acceptors (Lipinski definition) is 0. The molecule has 0 nitrogen and oxygen atoms in total. The molecule has 0 spiro atoms. The van der Waals surface area contributed by atoms with Crippen LogP contribution in [0.5, 0.6) is 0 Å². The van der Waals surface area contributed by atoms with E-state index in [4.69, 9.17) is 11.6 Å². The predicted molar refractivity (Wildman–Crippen MR) is 46.1 cm³/mol. The van der Waals surface area contributed by atoms with Crippen molar-refractivity contribution >= 4 is 11.6 Å². The molecule has 0 radical (unpaired) electrons. The summed E-state index contributed by atoms with van der Waals surface area (Å²) in [6.07, 6.45) is 5.34. The van der Waals surface area contributed by atoms with Crippen LogP contribution in [0.2, 0.25) is 0 Å². The van der Waals surface area contributed by atoms with Crippen molar-refractivity contribution in [1.82, 2.24) is 0 Å². The smallest absolute Gasteiger partial charge is 0.0242 e. The minimum absolute atomic E-state index is 0.168. The van der Waals surface area contributed by atoms with E-state index >= 15 is 0 Å². The van der Waals surface area contributed by atoms with E-state index in [0.29, 0.717) is 0 Å². The molecule has 1 heteroatoms. The maximum absolute atomic E-state index is 6.02. The minimum atomic E-state index is 0.168. The molecule has 56 valence electrons. The molecule has 1 rings (SSSR count). The molecular weight excluding hydrogens is 144 g/mol. The highest BCUT2D eigenvalue weighted by atomic mass is 35.5. The van der Waals surface area contributed by atoms with E-state index in [-0.39, 0.29) is 5.41 Å². The average Bonchev–Trinajstić information content (AvgIpc) is 1.81. The normalized spacial score (nSPS) is 23.6. The predicted octanol–water partition coefficient (Wildman–Crippen LogP) is 3.49. The third kappa shape index (κ3) is 1.43. The monoisotopic (exact) mass is 156 g/mol. The molecule has 0 unspecified atom stereocenters. The topological polar surface area (TPSA) is 0 Å². The van der Waals surface area contributed by atoms with Gasteiger partial charge in [-0.05, 0) is 19.4 Å². The van der Waals surface area contributed by atoms with Gasteiger partial charge >= 0.3 is 0 Å². The zero-order chi connectivity index (χ0) is 7.78. The Morgan fingerprint density at radius 2 is 2.10 bits per heavy atom. The van der Waals surface area contributed by atoms with Gasteiger partial charge in [-0.1, -0.05) is 37.1 Å². The van der Waals surface area contributed by atoms with Crippen LogP contribution in [0.3, 0.4) is 0 Å². The Labute approximate surface area is 67.6 Å². The van der Waals surface area contributed by atoms with Crippen molar-refractivity contribution in [2.75, 3.05) is 0 Å². The second kappa shape index (κ2) is 2.43. The lowest BCUT2D eigenvalue weighted by Crippen LogP contribution is -2.13. The second-order valence-corrected chi connectivity index (χ2v) is 3.94. The van der Waals surface area contributed by atoms with Crippen molar-refractivity contribution in [1.29, 1.82) is 0 Å². The summed E-state index contributed by atoms with van der Waals surface area (Å²) >= 11 is 6.02. The molecule has 0 fully saturated rings. The number of allylic oxidation sites excluding steroid dienone is 4. The Morgan fingerprint density at radius 3 is 2.50 bits per heavy atom. The number of rotatable bonds is 0. The highest BCUT2D eigenvalue weighted by Crippen LogP contribution is 2.37. The van der Waals surface area contributed by atoms with Crippen molar-refractivity contribution in [3.63, 3.8) is 0 Å². The van der Waals surface area contributed by atoms with Crippen molar-refractivity contribution < 1.29 is 0 Å². The summed E-state index contributed by atoms with van der Waals surface area (Å²) in [5.41, 5.74) is 1.45. The molecule has 1 aliphatic rings. The summed E-state index contributed by atoms with van der Waals surface area (Å²) in [5, 5.41) is 0.979. The number of hydrogen-bond donors (Lipinski definition) is 0. The maximum Gasteiger partial charge on any atom is 0.0242 e. The summed E-state index contributed by atoms with van der Waals surface area (Å²) in [6.45, 7) is 6.40. The fourth-order valence-electron chi connectivity index (χ4n) is 0.968. The lowest BCUT2D eigenvalue weighted by Gasteiger charge is -2.25. The van der Waals surface area contributed by atoms with Gasteiger partial charge in [-0.15, -0.1) is 0 Å². The summed E-state index contributed by atoms with van der Waals surface area (Å²) in [7, 11) is 0. The SMILES string of the molecule is CC1=CCC(C)(C)C(Cl)=C1. The van der Waals surface area contributed by atoms with Crippen LogP contribution in [-0.4, -0.2) is 0 Å². The maximum atomic E-state index is 6.02. The minimum Gasteiger partial charge on any atom is -0.0885 e. The van der Waals surface area contributed by atoms with Crippen LogP contribution >= 0.6 is 11.6 Å². The summed E-state index contributed by atoms with van der Waals surface area (Å²) in [5.74, 6) is 0. The van der Waals surface area contributed by atoms with Crippen molar-refractivity contribution in [3.05, 3.63) is 22.8 Å². The second-order valence-electron chi connectivity index (χ2n) is 3.53. The van der Waals surface area contributed by atoms with Crippen molar-refractivity contribution in [2.24, 2.45) is 5.41 Å². The lowest BCUT2D eigenvalue weighted by molar-refractivity contribution is 0.470. The first-order valence-electron chi connectivity index (χ1n) is 3.57. The zero-order valence-electron chi connectivity index (χ0n) is 6.74. The Balaban J connectivity index is 2.88. The molecule has 0 atom stereocenters. The van der Waals surface area contributed by atoms with Crippen LogP contribution in [0.4, 0.5) is 0 Å². The molecule has 0 N–H and O–H groups in total. The fraction of sp³-hybridized carbons (Fsp3) is 0.556. The van der Waals surface area contributed by atoms with Gasteiger partial charge in [-0.2, -0.15) is 0 Å². The molecule has 0 heterocycles. The van der Waals surface area contributed by atoms with Gasteiger partial charge in [0.1, 0.15) is 0 Å². The van der Waals surface area contributed by atoms with E-state index in [0.717, 1.165) is 11.5 Å². The Morgan fingerprint density at radius 1 is 1.50 bits per heavy atom. The third-order valence-corrected chi connectivity index (χ3v) is 2.56. The first kappa shape index (κ1) is 7.87. The van der Waals surface area contributed by atoms with Crippen LogP contribution in [-0.2, 0) is 0 Å². The van der Waals surface area contributed by atoms with Crippen molar-refractivity contribution in [2.45, 2.75) is 27.2 Å². The fourth-order valence-corrected chi connectivity index (χ4v) is 1.22. The molecule has 10 heavy (non-hydrogen) atoms. The third-order valence-electron chi connectivity index (χ3n) is 1.94. The highest BCUT2D eigenvalue weighted by Gasteiger charge is 2.22. The van der Waals surface area contributed by atoms with E-state index in [1.807, 2.05) is 6.08 Å². The first-order chi connectivity index (χ1) is 4.52. The quantitative estimate of drug-likeness (QED) is 0.504. The van der Waals surface area contributed by atoms with E-state index in [2.05, 4.69) is 26.8 Å². The molecule has 0 saturated heterocycles. The van der Waals surface area contributed by atoms with E-state index in [1.54, 1.807) is 0 Å². The summed E-state index contributed by atoms with van der Waals surface area (Å²) in [4.78, 5) is 0. The molecule has 0 amide bonds. The Kier molecular flexibility index (Phi) is 1.91. The number of halogens is 1. The zero-order valence-corrected chi connectivity index (χ0v) is 7.50. The van der Waals surface area contributed by atoms with Gasteiger partial charge in [0.15, 0.2) is 0 Å². The molecule has 0 aromatic rings.